The zero-order valence-corrected chi connectivity index (χ0v) is 14.1. The highest BCUT2D eigenvalue weighted by Gasteiger charge is 1.88. The van der Waals surface area contributed by atoms with E-state index in [2.05, 4.69) is 55.4 Å². The third-order valence-electron chi connectivity index (χ3n) is 2.97. The summed E-state index contributed by atoms with van der Waals surface area (Å²) in [7, 11) is 0. The Morgan fingerprint density at radius 3 is 1.06 bits per heavy atom. The minimum atomic E-state index is 0. The van der Waals surface area contributed by atoms with E-state index >= 15 is 0 Å². The molecule has 0 fully saturated rings. The van der Waals surface area contributed by atoms with Gasteiger partial charge in [0.25, 0.3) is 0 Å². The van der Waals surface area contributed by atoms with Gasteiger partial charge in [0.2, 0.25) is 0 Å². The minimum absolute atomic E-state index is 0. The average Bonchev–Trinajstić information content (AvgIpc) is 2.30. The van der Waals surface area contributed by atoms with Crippen LogP contribution in [0.1, 0.15) is 108 Å². The first-order chi connectivity index (χ1) is 7.99. The lowest BCUT2D eigenvalue weighted by molar-refractivity contribution is 0.544. The molecule has 0 heteroatoms. The first kappa shape index (κ1) is 26.5. The van der Waals surface area contributed by atoms with Crippen molar-refractivity contribution < 1.29 is 0 Å². The molecule has 0 aromatic rings. The van der Waals surface area contributed by atoms with E-state index in [1.807, 2.05) is 0 Å². The maximum absolute atomic E-state index is 2.28. The molecule has 0 amide bonds. The van der Waals surface area contributed by atoms with Crippen molar-refractivity contribution in [2.75, 3.05) is 0 Å². The second-order valence-electron chi connectivity index (χ2n) is 5.46. The molecule has 0 saturated heterocycles. The molecule has 0 aliphatic heterocycles. The molecular weight excluding hydrogens is 216 g/mol. The quantitative estimate of drug-likeness (QED) is 0.458. The van der Waals surface area contributed by atoms with Gasteiger partial charge in [-0.05, 0) is 11.8 Å². The van der Waals surface area contributed by atoms with E-state index < -0.39 is 0 Å². The van der Waals surface area contributed by atoms with Crippen LogP contribution in [0.25, 0.3) is 0 Å². The van der Waals surface area contributed by atoms with E-state index in [-0.39, 0.29) is 7.43 Å². The fraction of sp³-hybridized carbons (Fsp3) is 1.00. The maximum atomic E-state index is 2.28. The lowest BCUT2D eigenvalue weighted by Gasteiger charge is -1.98. The van der Waals surface area contributed by atoms with E-state index in [1.165, 1.54) is 44.9 Å². The zero-order valence-electron chi connectivity index (χ0n) is 14.1. The van der Waals surface area contributed by atoms with Crippen LogP contribution in [0.2, 0.25) is 0 Å². The number of hydrogen-bond acceptors (Lipinski definition) is 0. The van der Waals surface area contributed by atoms with Crippen LogP contribution < -0.4 is 0 Å². The predicted octanol–water partition coefficient (Wildman–Crippen LogP) is 7.72. The van der Waals surface area contributed by atoms with Gasteiger partial charge in [-0.2, -0.15) is 0 Å². The van der Waals surface area contributed by atoms with Crippen molar-refractivity contribution >= 4 is 0 Å². The van der Waals surface area contributed by atoms with Crippen LogP contribution in [0.5, 0.6) is 0 Å². The molecule has 0 rings (SSSR count). The largest absolute Gasteiger partial charge is 0.0776 e. The fourth-order valence-corrected chi connectivity index (χ4v) is 1.22. The van der Waals surface area contributed by atoms with Gasteiger partial charge in [-0.3, -0.25) is 0 Å². The molecule has 0 heterocycles. The highest BCUT2D eigenvalue weighted by atomic mass is 13.9. The van der Waals surface area contributed by atoms with Gasteiger partial charge in [-0.25, -0.2) is 0 Å². The zero-order chi connectivity index (χ0) is 14.1. The van der Waals surface area contributed by atoms with Gasteiger partial charge in [-0.15, -0.1) is 0 Å². The molecule has 0 unspecified atom stereocenters. The summed E-state index contributed by atoms with van der Waals surface area (Å²) >= 11 is 0. The number of rotatable bonds is 6. The summed E-state index contributed by atoms with van der Waals surface area (Å²) in [5.41, 5.74) is 0. The SMILES string of the molecule is C.CCC(C)CC.CCCC(C)C.CCCCC. The van der Waals surface area contributed by atoms with E-state index in [0.29, 0.717) is 0 Å². The highest BCUT2D eigenvalue weighted by Crippen LogP contribution is 2.02. The van der Waals surface area contributed by atoms with E-state index in [0.717, 1.165) is 11.8 Å². The summed E-state index contributed by atoms with van der Waals surface area (Å²) in [6, 6.07) is 0. The van der Waals surface area contributed by atoms with Crippen LogP contribution in [-0.2, 0) is 0 Å². The van der Waals surface area contributed by atoms with Crippen LogP contribution in [0, 0.1) is 11.8 Å². The molecule has 18 heavy (non-hydrogen) atoms. The number of unbranched alkanes of at least 4 members (excludes halogenated alkanes) is 2. The summed E-state index contributed by atoms with van der Waals surface area (Å²) < 4.78 is 0. The molecule has 0 radical (unpaired) electrons. The molecule has 0 bridgehead atoms. The van der Waals surface area contributed by atoms with E-state index in [4.69, 9.17) is 0 Å². The molecule has 0 N–H and O–H groups in total. The molecule has 0 aliphatic rings. The van der Waals surface area contributed by atoms with Crippen LogP contribution >= 0.6 is 0 Å². The Morgan fingerprint density at radius 2 is 1.06 bits per heavy atom. The summed E-state index contributed by atoms with van der Waals surface area (Å²) in [4.78, 5) is 0. The molecule has 0 saturated carbocycles. The first-order valence-corrected chi connectivity index (χ1v) is 7.99. The van der Waals surface area contributed by atoms with E-state index in [9.17, 15) is 0 Å². The van der Waals surface area contributed by atoms with Crippen LogP contribution in [-0.4, -0.2) is 0 Å². The second kappa shape index (κ2) is 25.8. The number of hydrogen-bond donors (Lipinski definition) is 0. The lowest BCUT2D eigenvalue weighted by Crippen LogP contribution is -1.85. The second-order valence-corrected chi connectivity index (χ2v) is 5.46. The van der Waals surface area contributed by atoms with Gasteiger partial charge >= 0.3 is 0 Å². The van der Waals surface area contributed by atoms with Gasteiger partial charge in [0, 0.05) is 0 Å². The van der Waals surface area contributed by atoms with Gasteiger partial charge < -0.3 is 0 Å². The summed E-state index contributed by atoms with van der Waals surface area (Å²) in [6.45, 7) is 17.9. The minimum Gasteiger partial charge on any atom is -0.0776 e. The summed E-state index contributed by atoms with van der Waals surface area (Å²) in [6.07, 6.45) is 9.44. The van der Waals surface area contributed by atoms with Crippen LogP contribution in [0.15, 0.2) is 0 Å². The topological polar surface area (TPSA) is 0 Å². The molecular formula is C18H44. The summed E-state index contributed by atoms with van der Waals surface area (Å²) in [5.74, 6) is 1.83. The Balaban J connectivity index is -0.0000000799. The van der Waals surface area contributed by atoms with Crippen molar-refractivity contribution in [3.63, 3.8) is 0 Å². The summed E-state index contributed by atoms with van der Waals surface area (Å²) in [5, 5.41) is 0. The van der Waals surface area contributed by atoms with Crippen LogP contribution in [0.3, 0.4) is 0 Å². The Hall–Kier alpha value is 0. The molecule has 0 nitrogen and oxygen atoms in total. The first-order valence-electron chi connectivity index (χ1n) is 7.99. The molecule has 0 atom stereocenters. The lowest BCUT2D eigenvalue weighted by atomic mass is 10.1. The normalized spacial score (nSPS) is 9.00. The van der Waals surface area contributed by atoms with Crippen molar-refractivity contribution in [3.05, 3.63) is 0 Å². The van der Waals surface area contributed by atoms with Crippen molar-refractivity contribution in [2.45, 2.75) is 108 Å². The van der Waals surface area contributed by atoms with Crippen molar-refractivity contribution in [2.24, 2.45) is 11.8 Å². The van der Waals surface area contributed by atoms with Crippen molar-refractivity contribution in [1.29, 1.82) is 0 Å². The Kier molecular flexibility index (Phi) is 38.0. The van der Waals surface area contributed by atoms with Gasteiger partial charge in [0.15, 0.2) is 0 Å². The highest BCUT2D eigenvalue weighted by molar-refractivity contribution is 4.41. The molecule has 0 spiro atoms. The third-order valence-corrected chi connectivity index (χ3v) is 2.97. The van der Waals surface area contributed by atoms with Gasteiger partial charge in [0.1, 0.15) is 0 Å². The van der Waals surface area contributed by atoms with Gasteiger partial charge in [0.05, 0.1) is 0 Å². The monoisotopic (exact) mass is 260 g/mol. The third kappa shape index (κ3) is 44.4. The van der Waals surface area contributed by atoms with E-state index in [1.54, 1.807) is 0 Å². The van der Waals surface area contributed by atoms with Crippen molar-refractivity contribution in [3.8, 4) is 0 Å². The molecule has 0 aromatic heterocycles. The Morgan fingerprint density at radius 1 is 0.667 bits per heavy atom. The average molecular weight is 261 g/mol. The molecule has 0 aliphatic carbocycles. The maximum Gasteiger partial charge on any atom is -0.0448 e. The fourth-order valence-electron chi connectivity index (χ4n) is 1.22. The van der Waals surface area contributed by atoms with Crippen LogP contribution in [0.4, 0.5) is 0 Å². The van der Waals surface area contributed by atoms with Crippen molar-refractivity contribution in [1.82, 2.24) is 0 Å². The Labute approximate surface area is 120 Å². The Bertz CT molecular complexity index is 88.2. The predicted molar refractivity (Wildman–Crippen MR) is 91.4 cm³/mol. The molecule has 116 valence electrons. The standard InChI is InChI=1S/2C6H14.C5H12.CH4/c1-4-5-6(2)3;1-4-6(3)5-2;1-3-5-4-2;/h2*6H,4-5H2,1-3H3;3-5H2,1-2H3;1H4. The smallest absolute Gasteiger partial charge is 0.0448 e. The van der Waals surface area contributed by atoms with Gasteiger partial charge in [-0.1, -0.05) is 108 Å². The molecule has 0 aromatic carbocycles.